The van der Waals surface area contributed by atoms with E-state index >= 15 is 0 Å². The summed E-state index contributed by atoms with van der Waals surface area (Å²) in [4.78, 5) is 29.6. The molecule has 118 valence electrons. The summed E-state index contributed by atoms with van der Waals surface area (Å²) in [5.74, 6) is 0.937. The van der Waals surface area contributed by atoms with Crippen LogP contribution in [-0.4, -0.2) is 41.4 Å². The van der Waals surface area contributed by atoms with Gasteiger partial charge < -0.3 is 0 Å². The molecule has 23 heavy (non-hydrogen) atoms. The molecule has 0 saturated heterocycles. The van der Waals surface area contributed by atoms with E-state index in [1.807, 2.05) is 12.2 Å². The number of carbonyl (C=O) groups is 1. The number of halogens is 1. The molecule has 2 N–H and O–H groups in total. The van der Waals surface area contributed by atoms with Crippen molar-refractivity contribution in [1.29, 1.82) is 0 Å². The third kappa shape index (κ3) is 3.42. The zero-order valence-electron chi connectivity index (χ0n) is 12.3. The van der Waals surface area contributed by atoms with Crippen LogP contribution in [-0.2, 0) is 11.3 Å². The van der Waals surface area contributed by atoms with Crippen LogP contribution in [0.1, 0.15) is 6.42 Å². The molecule has 0 bridgehead atoms. The van der Waals surface area contributed by atoms with Crippen molar-refractivity contribution >= 4 is 42.8 Å². The number of hydrogen-bond donors (Lipinski definition) is 1. The molecule has 1 aliphatic heterocycles. The maximum atomic E-state index is 12.5. The quantitative estimate of drug-likeness (QED) is 0.164. The Morgan fingerprint density at radius 3 is 3.09 bits per heavy atom. The maximum absolute atomic E-state index is 12.5. The van der Waals surface area contributed by atoms with Crippen molar-refractivity contribution < 1.29 is 26.0 Å². The predicted octanol–water partition coefficient (Wildman–Crippen LogP) is -4.37. The van der Waals surface area contributed by atoms with E-state index in [-0.39, 0.29) is 15.5 Å². The molecule has 0 aromatic carbocycles. The van der Waals surface area contributed by atoms with Crippen LogP contribution in [0.15, 0.2) is 28.0 Å². The summed E-state index contributed by atoms with van der Waals surface area (Å²) in [6.45, 7) is 4.16. The summed E-state index contributed by atoms with van der Waals surface area (Å²) >= 11 is 3.39. The molecular weight excluding hydrogens is 440 g/mol. The topological polar surface area (TPSA) is 78.0 Å². The molecule has 2 aliphatic rings. The fourth-order valence-electron chi connectivity index (χ4n) is 2.55. The van der Waals surface area contributed by atoms with E-state index in [0.717, 1.165) is 32.1 Å². The molecule has 5 nitrogen and oxygen atoms in total. The number of allylic oxidation sites excluding steroid dienone is 1. The van der Waals surface area contributed by atoms with Crippen LogP contribution in [0.5, 0.6) is 0 Å². The van der Waals surface area contributed by atoms with Gasteiger partial charge in [0.15, 0.2) is 0 Å². The first-order chi connectivity index (χ1) is 11.0. The second-order valence-corrected chi connectivity index (χ2v) is 9.45. The molecular formula is C15H14AlIN3O2S-. The first-order valence-electron chi connectivity index (χ1n) is 7.05. The average Bonchev–Trinajstić information content (AvgIpc) is 2.79. The number of carbonyl (C=O) groups excluding carboxylic acids is 1. The van der Waals surface area contributed by atoms with Gasteiger partial charge in [-0.2, -0.15) is 0 Å². The fraction of sp³-hybridized carbons (Fsp3) is 0.267. The van der Waals surface area contributed by atoms with Gasteiger partial charge >= 0.3 is 157 Å². The van der Waals surface area contributed by atoms with Crippen LogP contribution in [0.3, 0.4) is 0 Å². The Labute approximate surface area is 156 Å². The molecule has 1 unspecified atom stereocenters. The van der Waals surface area contributed by atoms with Crippen molar-refractivity contribution in [3.63, 3.8) is 0 Å². The van der Waals surface area contributed by atoms with Gasteiger partial charge in [-0.05, 0) is 0 Å². The summed E-state index contributed by atoms with van der Waals surface area (Å²) in [5.41, 5.74) is 5.88. The van der Waals surface area contributed by atoms with Gasteiger partial charge in [-0.15, -0.1) is 0 Å². The molecule has 1 aromatic heterocycles. The van der Waals surface area contributed by atoms with Gasteiger partial charge in [0.1, 0.15) is 0 Å². The van der Waals surface area contributed by atoms with E-state index in [0.29, 0.717) is 10.2 Å². The number of hydrogen-bond acceptors (Lipinski definition) is 5. The van der Waals surface area contributed by atoms with Gasteiger partial charge in [0, 0.05) is 0 Å². The van der Waals surface area contributed by atoms with E-state index in [4.69, 9.17) is 5.73 Å². The standard InChI is InChI=1S/C15H14IN3O2S.Al/c1-2-12(20)16-14-10-8-9(17)4-5-11-13(10)19(15(21)18-14)6-3-7-22-11;/h2,4,8-9H,1,3,6-7,17H2;/q-1;. The Balaban J connectivity index is 2.44. The van der Waals surface area contributed by atoms with Crippen LogP contribution >= 0.6 is 11.8 Å². The van der Waals surface area contributed by atoms with E-state index in [1.165, 1.54) is 6.08 Å². The van der Waals surface area contributed by atoms with Crippen molar-refractivity contribution in [1.82, 2.24) is 9.55 Å². The summed E-state index contributed by atoms with van der Waals surface area (Å²) in [6.07, 6.45) is 6.09. The van der Waals surface area contributed by atoms with E-state index in [9.17, 15) is 9.59 Å². The molecule has 2 radical (unpaired) electrons. The van der Waals surface area contributed by atoms with E-state index < -0.39 is 21.2 Å². The zero-order chi connectivity index (χ0) is 16.6. The molecule has 0 amide bonds. The van der Waals surface area contributed by atoms with Crippen LogP contribution in [0, 0.1) is 3.70 Å². The van der Waals surface area contributed by atoms with Crippen LogP contribution in [0.25, 0.3) is 11.0 Å². The Bertz CT molecular complexity index is 907. The fourth-order valence-corrected chi connectivity index (χ4v) is 6.01. The second kappa shape index (κ2) is 7.07. The normalized spacial score (nSPS) is 20.0. The first-order valence-corrected chi connectivity index (χ1v) is 10.8. The van der Waals surface area contributed by atoms with E-state index in [2.05, 4.69) is 27.9 Å². The number of aromatic nitrogens is 2. The Morgan fingerprint density at radius 2 is 2.35 bits per heavy atom. The summed E-state index contributed by atoms with van der Waals surface area (Å²) in [6, 6.07) is -0.270. The molecule has 0 saturated carbocycles. The third-order valence-corrected chi connectivity index (χ3v) is 7.70. The SMILES string of the molecule is C=CC(=O)[I-]c1nc(=O)n2c3c1=CC(N)C=[C]([Al])C=3SCCC2. The molecule has 2 heterocycles. The minimum absolute atomic E-state index is 0.0509. The van der Waals surface area contributed by atoms with E-state index in [1.54, 1.807) is 16.3 Å². The van der Waals surface area contributed by atoms with Crippen LogP contribution < -0.4 is 43.2 Å². The Hall–Kier alpha value is -0.658. The van der Waals surface area contributed by atoms with Crippen LogP contribution in [0.2, 0.25) is 0 Å². The second-order valence-electron chi connectivity index (χ2n) is 5.10. The molecule has 1 atom stereocenters. The minimum atomic E-state index is -1.06. The molecule has 1 aliphatic carbocycles. The van der Waals surface area contributed by atoms with Gasteiger partial charge in [-0.3, -0.25) is 0 Å². The molecule has 3 rings (SSSR count). The summed E-state index contributed by atoms with van der Waals surface area (Å²) in [7, 11) is 0. The monoisotopic (exact) mass is 454 g/mol. The third-order valence-electron chi connectivity index (χ3n) is 3.50. The number of thioether (sulfide) groups is 1. The molecule has 8 heteroatoms. The Kier molecular flexibility index (Phi) is 5.28. The zero-order valence-corrected chi connectivity index (χ0v) is 16.4. The van der Waals surface area contributed by atoms with Gasteiger partial charge in [-0.1, -0.05) is 0 Å². The van der Waals surface area contributed by atoms with Crippen molar-refractivity contribution in [3.8, 4) is 0 Å². The van der Waals surface area contributed by atoms with Crippen molar-refractivity contribution in [3.05, 3.63) is 47.9 Å². The van der Waals surface area contributed by atoms with Gasteiger partial charge in [0.2, 0.25) is 0 Å². The van der Waals surface area contributed by atoms with Crippen LogP contribution in [0.4, 0.5) is 0 Å². The number of nitrogens with zero attached hydrogens (tertiary/aromatic N) is 2. The molecule has 0 spiro atoms. The predicted molar refractivity (Wildman–Crippen MR) is 88.4 cm³/mol. The summed E-state index contributed by atoms with van der Waals surface area (Å²) < 4.78 is 3.26. The molecule has 1 aromatic rings. The Morgan fingerprint density at radius 1 is 1.57 bits per heavy atom. The van der Waals surface area contributed by atoms with Crippen molar-refractivity contribution in [2.24, 2.45) is 5.73 Å². The average molecular weight is 454 g/mol. The van der Waals surface area contributed by atoms with Gasteiger partial charge in [0.25, 0.3) is 0 Å². The van der Waals surface area contributed by atoms with Gasteiger partial charge in [0.05, 0.1) is 0 Å². The van der Waals surface area contributed by atoms with Crippen molar-refractivity contribution in [2.75, 3.05) is 5.75 Å². The number of rotatable bonds is 3. The summed E-state index contributed by atoms with van der Waals surface area (Å²) in [5, 5.41) is 1.71. The molecule has 0 fully saturated rings. The van der Waals surface area contributed by atoms with Gasteiger partial charge in [-0.25, -0.2) is 0 Å². The first kappa shape index (κ1) is 17.2. The number of nitrogens with two attached hydrogens (primary N) is 1. The van der Waals surface area contributed by atoms with Crippen molar-refractivity contribution in [2.45, 2.75) is 19.0 Å².